The smallest absolute Gasteiger partial charge is 0.333 e. The van der Waals surface area contributed by atoms with Gasteiger partial charge in [0.15, 0.2) is 6.04 Å². The van der Waals surface area contributed by atoms with E-state index in [0.717, 1.165) is 0 Å². The average molecular weight is 289 g/mol. The Bertz CT molecular complexity index is 489. The van der Waals surface area contributed by atoms with Crippen LogP contribution in [0.15, 0.2) is 43.0 Å². The molecule has 0 fully saturated rings. The zero-order valence-corrected chi connectivity index (χ0v) is 12.9. The number of esters is 1. The topological polar surface area (TPSA) is 55.4 Å². The second-order valence-electron chi connectivity index (χ2n) is 5.77. The van der Waals surface area contributed by atoms with Gasteiger partial charge in [0, 0.05) is 6.42 Å². The molecule has 1 aromatic carbocycles. The van der Waals surface area contributed by atoms with Crippen LogP contribution in [-0.2, 0) is 14.3 Å². The van der Waals surface area contributed by atoms with Crippen LogP contribution in [0.3, 0.4) is 0 Å². The van der Waals surface area contributed by atoms with Crippen LogP contribution in [0.2, 0.25) is 0 Å². The second-order valence-corrected chi connectivity index (χ2v) is 5.77. The number of ether oxygens (including phenoxy) is 1. The molecule has 0 saturated carbocycles. The molecule has 4 nitrogen and oxygen atoms in total. The molecule has 1 aromatic rings. The van der Waals surface area contributed by atoms with E-state index in [1.807, 2.05) is 18.2 Å². The fraction of sp³-hybridized carbons (Fsp3) is 0.412. The lowest BCUT2D eigenvalue weighted by Gasteiger charge is -2.24. The summed E-state index contributed by atoms with van der Waals surface area (Å²) in [6.07, 6.45) is 2.54. The highest BCUT2D eigenvalue weighted by Gasteiger charge is 2.27. The molecule has 0 spiro atoms. The highest BCUT2D eigenvalue weighted by Crippen LogP contribution is 2.18. The van der Waals surface area contributed by atoms with Crippen molar-refractivity contribution in [2.75, 3.05) is 0 Å². The van der Waals surface area contributed by atoms with Crippen molar-refractivity contribution in [3.63, 3.8) is 0 Å². The normalized spacial score (nSPS) is 12.3. The Labute approximate surface area is 126 Å². The predicted molar refractivity (Wildman–Crippen MR) is 82.6 cm³/mol. The number of allylic oxidation sites excluding steroid dienone is 1. The fourth-order valence-electron chi connectivity index (χ4n) is 1.75. The van der Waals surface area contributed by atoms with E-state index in [1.54, 1.807) is 39.0 Å². The van der Waals surface area contributed by atoms with E-state index in [9.17, 15) is 9.59 Å². The number of carbonyl (C=O) groups is 2. The van der Waals surface area contributed by atoms with Gasteiger partial charge >= 0.3 is 5.97 Å². The molecule has 0 saturated heterocycles. The summed E-state index contributed by atoms with van der Waals surface area (Å²) >= 11 is 0. The van der Waals surface area contributed by atoms with Crippen molar-refractivity contribution in [2.24, 2.45) is 0 Å². The Balaban J connectivity index is 2.87. The maximum atomic E-state index is 12.3. The van der Waals surface area contributed by atoms with Crippen LogP contribution in [0, 0.1) is 0 Å². The number of rotatable bonds is 6. The second kappa shape index (κ2) is 7.62. The van der Waals surface area contributed by atoms with Crippen LogP contribution < -0.4 is 5.32 Å². The number of carbonyl (C=O) groups excluding carboxylic acids is 2. The Kier molecular flexibility index (Phi) is 6.15. The SMILES string of the molecule is C=CCCC(=O)N[C@H](C(=O)OC(C)(C)C)c1ccccc1. The quantitative estimate of drug-likeness (QED) is 0.646. The highest BCUT2D eigenvalue weighted by molar-refractivity contribution is 5.85. The number of hydrogen-bond acceptors (Lipinski definition) is 3. The van der Waals surface area contributed by atoms with Gasteiger partial charge in [-0.1, -0.05) is 36.4 Å². The summed E-state index contributed by atoms with van der Waals surface area (Å²) in [7, 11) is 0. The number of nitrogens with one attached hydrogen (secondary N) is 1. The molecule has 1 amide bonds. The monoisotopic (exact) mass is 289 g/mol. The zero-order valence-electron chi connectivity index (χ0n) is 12.9. The average Bonchev–Trinajstić information content (AvgIpc) is 2.41. The van der Waals surface area contributed by atoms with E-state index < -0.39 is 17.6 Å². The van der Waals surface area contributed by atoms with Gasteiger partial charge in [-0.2, -0.15) is 0 Å². The predicted octanol–water partition coefficient (Wildman–Crippen LogP) is 3.15. The lowest BCUT2D eigenvalue weighted by atomic mass is 10.1. The number of benzene rings is 1. The summed E-state index contributed by atoms with van der Waals surface area (Å²) in [4.78, 5) is 24.2. The van der Waals surface area contributed by atoms with Crippen LogP contribution >= 0.6 is 0 Å². The lowest BCUT2D eigenvalue weighted by molar-refractivity contribution is -0.158. The van der Waals surface area contributed by atoms with Gasteiger partial charge in [0.25, 0.3) is 0 Å². The van der Waals surface area contributed by atoms with E-state index in [4.69, 9.17) is 4.74 Å². The molecule has 4 heteroatoms. The van der Waals surface area contributed by atoms with Crippen molar-refractivity contribution < 1.29 is 14.3 Å². The minimum absolute atomic E-state index is 0.199. The van der Waals surface area contributed by atoms with Gasteiger partial charge in [0.2, 0.25) is 5.91 Å². The van der Waals surface area contributed by atoms with Crippen molar-refractivity contribution in [3.8, 4) is 0 Å². The molecule has 1 rings (SSSR count). The van der Waals surface area contributed by atoms with Gasteiger partial charge < -0.3 is 10.1 Å². The molecule has 0 radical (unpaired) electrons. The van der Waals surface area contributed by atoms with Crippen molar-refractivity contribution >= 4 is 11.9 Å². The standard InChI is InChI=1S/C17H23NO3/c1-5-6-12-14(19)18-15(13-10-8-7-9-11-13)16(20)21-17(2,3)4/h5,7-11,15H,1,6,12H2,2-4H3,(H,18,19)/t15-/m0/s1. The summed E-state index contributed by atoms with van der Waals surface area (Å²) in [5.41, 5.74) is 0.106. The Hall–Kier alpha value is -2.10. The van der Waals surface area contributed by atoms with E-state index in [-0.39, 0.29) is 5.91 Å². The lowest BCUT2D eigenvalue weighted by Crippen LogP contribution is -2.38. The third-order valence-corrected chi connectivity index (χ3v) is 2.66. The number of hydrogen-bond donors (Lipinski definition) is 1. The molecule has 0 aliphatic heterocycles. The first kappa shape index (κ1) is 17.0. The molecule has 0 aliphatic rings. The molecule has 0 heterocycles. The molecule has 0 aliphatic carbocycles. The van der Waals surface area contributed by atoms with Crippen molar-refractivity contribution in [1.29, 1.82) is 0 Å². The molecule has 114 valence electrons. The minimum atomic E-state index is -0.789. The van der Waals surface area contributed by atoms with Gasteiger partial charge in [0.05, 0.1) is 0 Å². The molecular formula is C17H23NO3. The van der Waals surface area contributed by atoms with E-state index in [2.05, 4.69) is 11.9 Å². The maximum Gasteiger partial charge on any atom is 0.333 e. The molecule has 0 bridgehead atoms. The van der Waals surface area contributed by atoms with E-state index in [0.29, 0.717) is 18.4 Å². The van der Waals surface area contributed by atoms with Gasteiger partial charge in [-0.25, -0.2) is 4.79 Å². The van der Waals surface area contributed by atoms with Crippen LogP contribution in [-0.4, -0.2) is 17.5 Å². The Morgan fingerprint density at radius 2 is 1.90 bits per heavy atom. The van der Waals surface area contributed by atoms with E-state index in [1.165, 1.54) is 0 Å². The third-order valence-electron chi connectivity index (χ3n) is 2.66. The minimum Gasteiger partial charge on any atom is -0.458 e. The van der Waals surface area contributed by atoms with Gasteiger partial charge in [-0.3, -0.25) is 4.79 Å². The zero-order chi connectivity index (χ0) is 15.9. The molecule has 1 atom stereocenters. The highest BCUT2D eigenvalue weighted by atomic mass is 16.6. The molecule has 0 aromatic heterocycles. The molecule has 1 N–H and O–H groups in total. The molecular weight excluding hydrogens is 266 g/mol. The summed E-state index contributed by atoms with van der Waals surface area (Å²) in [5.74, 6) is -0.657. The first-order chi connectivity index (χ1) is 9.83. The third kappa shape index (κ3) is 6.25. The van der Waals surface area contributed by atoms with Gasteiger partial charge in [0.1, 0.15) is 5.60 Å². The van der Waals surface area contributed by atoms with Crippen molar-refractivity contribution in [3.05, 3.63) is 48.6 Å². The summed E-state index contributed by atoms with van der Waals surface area (Å²) in [6.45, 7) is 8.98. The Morgan fingerprint density at radius 1 is 1.29 bits per heavy atom. The molecule has 21 heavy (non-hydrogen) atoms. The fourth-order valence-corrected chi connectivity index (χ4v) is 1.75. The van der Waals surface area contributed by atoms with Gasteiger partial charge in [-0.15, -0.1) is 6.58 Å². The number of amides is 1. The van der Waals surface area contributed by atoms with Crippen molar-refractivity contribution in [1.82, 2.24) is 5.32 Å². The van der Waals surface area contributed by atoms with Crippen LogP contribution in [0.5, 0.6) is 0 Å². The first-order valence-electron chi connectivity index (χ1n) is 7.01. The largest absolute Gasteiger partial charge is 0.458 e. The first-order valence-corrected chi connectivity index (χ1v) is 7.01. The van der Waals surface area contributed by atoms with E-state index >= 15 is 0 Å². The summed E-state index contributed by atoms with van der Waals surface area (Å²) in [6, 6.07) is 8.30. The van der Waals surface area contributed by atoms with Crippen molar-refractivity contribution in [2.45, 2.75) is 45.3 Å². The van der Waals surface area contributed by atoms with Gasteiger partial charge in [-0.05, 0) is 32.8 Å². The van der Waals surface area contributed by atoms with Crippen LogP contribution in [0.25, 0.3) is 0 Å². The summed E-state index contributed by atoms with van der Waals surface area (Å²) in [5, 5.41) is 2.73. The van der Waals surface area contributed by atoms with Crippen LogP contribution in [0.4, 0.5) is 0 Å². The summed E-state index contributed by atoms with van der Waals surface area (Å²) < 4.78 is 5.39. The maximum absolute atomic E-state index is 12.3. The van der Waals surface area contributed by atoms with Crippen LogP contribution in [0.1, 0.15) is 45.2 Å². The Morgan fingerprint density at radius 3 is 2.43 bits per heavy atom. The molecule has 0 unspecified atom stereocenters.